The number of amides is 2. The summed E-state index contributed by atoms with van der Waals surface area (Å²) < 4.78 is 0. The van der Waals surface area contributed by atoms with Crippen LogP contribution in [-0.4, -0.2) is 48.7 Å². The van der Waals surface area contributed by atoms with E-state index in [0.29, 0.717) is 23.2 Å². The number of nitrogens with one attached hydrogen (secondary N) is 4. The molecule has 0 aromatic heterocycles. The van der Waals surface area contributed by atoms with E-state index in [1.807, 2.05) is 48.5 Å². The first-order valence-corrected chi connectivity index (χ1v) is 13.9. The molecule has 0 spiro atoms. The molecule has 0 bridgehead atoms. The number of hydrogen-bond acceptors (Lipinski definition) is 6. The highest BCUT2D eigenvalue weighted by Gasteiger charge is 2.14. The summed E-state index contributed by atoms with van der Waals surface area (Å²) in [6.45, 7) is 5.94. The van der Waals surface area contributed by atoms with E-state index in [1.54, 1.807) is 24.3 Å². The van der Waals surface area contributed by atoms with E-state index in [2.05, 4.69) is 45.1 Å². The summed E-state index contributed by atoms with van der Waals surface area (Å²) in [5.74, 6) is 1.69. The van der Waals surface area contributed by atoms with E-state index in [-0.39, 0.29) is 11.8 Å². The molecule has 2 aliphatic rings. The van der Waals surface area contributed by atoms with Crippen LogP contribution in [0.4, 0.5) is 11.4 Å². The first-order chi connectivity index (χ1) is 19.4. The summed E-state index contributed by atoms with van der Waals surface area (Å²) in [6, 6.07) is 23.2. The van der Waals surface area contributed by atoms with Crippen LogP contribution in [0.25, 0.3) is 0 Å². The predicted octanol–water partition coefficient (Wildman–Crippen LogP) is 4.84. The molecule has 0 unspecified atom stereocenters. The molecule has 2 amide bonds. The quantitative estimate of drug-likeness (QED) is 0.298. The Hall–Kier alpha value is -4.46. The van der Waals surface area contributed by atoms with Crippen molar-refractivity contribution in [2.45, 2.75) is 51.6 Å². The molecule has 0 saturated heterocycles. The van der Waals surface area contributed by atoms with Gasteiger partial charge in [0.2, 0.25) is 0 Å². The van der Waals surface area contributed by atoms with E-state index in [1.165, 1.54) is 11.1 Å². The van der Waals surface area contributed by atoms with E-state index < -0.39 is 0 Å². The fraction of sp³-hybridized carbons (Fsp3) is 0.312. The highest BCUT2D eigenvalue weighted by atomic mass is 16.2. The Morgan fingerprint density at radius 2 is 1.00 bits per heavy atom. The molecular weight excluding hydrogens is 500 g/mol. The minimum Gasteiger partial charge on any atom is -0.370 e. The van der Waals surface area contributed by atoms with Crippen molar-refractivity contribution in [3.05, 3.63) is 95.1 Å². The molecule has 8 nitrogen and oxygen atoms in total. The number of benzene rings is 3. The Morgan fingerprint density at radius 1 is 0.625 bits per heavy atom. The SMILES string of the molecule is C[C@H]1CN=C(CCc2ccc(NC(=O)c3ccc(C(=O)Nc4ccc(CCC5=NC[C@H](C)N5)cc4)cc3)cc2)N1. The van der Waals surface area contributed by atoms with Gasteiger partial charge in [0.05, 0.1) is 24.8 Å². The van der Waals surface area contributed by atoms with E-state index in [0.717, 1.165) is 61.8 Å². The summed E-state index contributed by atoms with van der Waals surface area (Å²) in [5.41, 5.74) is 4.81. The van der Waals surface area contributed by atoms with Gasteiger partial charge >= 0.3 is 0 Å². The molecule has 3 aromatic rings. The third kappa shape index (κ3) is 7.34. The highest BCUT2D eigenvalue weighted by molar-refractivity contribution is 6.07. The summed E-state index contributed by atoms with van der Waals surface area (Å²) in [5, 5.41) is 12.6. The van der Waals surface area contributed by atoms with Crippen LogP contribution in [0.1, 0.15) is 58.5 Å². The number of carbonyl (C=O) groups excluding carboxylic acids is 2. The lowest BCUT2D eigenvalue weighted by Crippen LogP contribution is -2.27. The van der Waals surface area contributed by atoms with Gasteiger partial charge in [0.25, 0.3) is 11.8 Å². The molecular formula is C32H36N6O2. The maximum absolute atomic E-state index is 12.7. The zero-order valence-corrected chi connectivity index (χ0v) is 23.0. The van der Waals surface area contributed by atoms with Crippen molar-refractivity contribution < 1.29 is 9.59 Å². The fourth-order valence-electron chi connectivity index (χ4n) is 4.76. The maximum Gasteiger partial charge on any atom is 0.255 e. The molecule has 8 heteroatoms. The van der Waals surface area contributed by atoms with Crippen molar-refractivity contribution in [2.24, 2.45) is 9.98 Å². The topological polar surface area (TPSA) is 107 Å². The lowest BCUT2D eigenvalue weighted by molar-refractivity contribution is 0.101. The van der Waals surface area contributed by atoms with Gasteiger partial charge in [0.1, 0.15) is 0 Å². The second-order valence-electron chi connectivity index (χ2n) is 10.5. The number of carbonyl (C=O) groups is 2. The standard InChI is InChI=1S/C32H36N6O2/c1-21-19-33-29(35-21)17-7-23-3-13-27(14-4-23)37-31(39)25-9-11-26(12-10-25)32(40)38-28-15-5-24(6-16-28)8-18-30-34-20-22(2)36-30/h3-6,9-16,21-22H,7-8,17-20H2,1-2H3,(H,33,35)(H,34,36)(H,37,39)(H,38,40)/t21-,22-/m0/s1. The maximum atomic E-state index is 12.7. The predicted molar refractivity (Wildman–Crippen MR) is 162 cm³/mol. The zero-order chi connectivity index (χ0) is 27.9. The van der Waals surface area contributed by atoms with Gasteiger partial charge in [-0.05, 0) is 86.3 Å². The van der Waals surface area contributed by atoms with Gasteiger partial charge in [-0.15, -0.1) is 0 Å². The van der Waals surface area contributed by atoms with Gasteiger partial charge in [0.15, 0.2) is 0 Å². The highest BCUT2D eigenvalue weighted by Crippen LogP contribution is 2.16. The smallest absolute Gasteiger partial charge is 0.255 e. The molecule has 5 rings (SSSR count). The lowest BCUT2D eigenvalue weighted by atomic mass is 10.1. The molecule has 2 heterocycles. The number of hydrogen-bond donors (Lipinski definition) is 4. The molecule has 0 fully saturated rings. The van der Waals surface area contributed by atoms with Crippen LogP contribution in [0.15, 0.2) is 82.8 Å². The number of nitrogens with zero attached hydrogens (tertiary/aromatic N) is 2. The first-order valence-electron chi connectivity index (χ1n) is 13.9. The van der Waals surface area contributed by atoms with Gasteiger partial charge in [-0.2, -0.15) is 0 Å². The number of amidine groups is 2. The molecule has 2 atom stereocenters. The zero-order valence-electron chi connectivity index (χ0n) is 23.0. The molecule has 2 aliphatic heterocycles. The van der Waals surface area contributed by atoms with Crippen molar-refractivity contribution >= 4 is 34.9 Å². The van der Waals surface area contributed by atoms with E-state index in [9.17, 15) is 9.59 Å². The van der Waals surface area contributed by atoms with Crippen LogP contribution in [-0.2, 0) is 12.8 Å². The van der Waals surface area contributed by atoms with Crippen LogP contribution in [0.3, 0.4) is 0 Å². The first kappa shape index (κ1) is 27.1. The number of aliphatic imine (C=N–C) groups is 2. The number of anilines is 2. The normalized spacial score (nSPS) is 17.9. The third-order valence-electron chi connectivity index (χ3n) is 7.07. The number of rotatable bonds is 10. The average molecular weight is 537 g/mol. The largest absolute Gasteiger partial charge is 0.370 e. The Bertz CT molecular complexity index is 1290. The van der Waals surface area contributed by atoms with E-state index in [4.69, 9.17) is 0 Å². The molecule has 0 radical (unpaired) electrons. The summed E-state index contributed by atoms with van der Waals surface area (Å²) in [4.78, 5) is 34.5. The molecule has 206 valence electrons. The van der Waals surface area contributed by atoms with Crippen molar-refractivity contribution in [1.82, 2.24) is 10.6 Å². The second-order valence-corrected chi connectivity index (χ2v) is 10.5. The molecule has 0 aliphatic carbocycles. The molecule has 0 saturated carbocycles. The Kier molecular flexibility index (Phi) is 8.54. The van der Waals surface area contributed by atoms with Gasteiger partial charge in [-0.1, -0.05) is 24.3 Å². The van der Waals surface area contributed by atoms with Crippen LogP contribution in [0.5, 0.6) is 0 Å². The Morgan fingerprint density at radius 3 is 1.32 bits per heavy atom. The van der Waals surface area contributed by atoms with Crippen molar-refractivity contribution in [3.8, 4) is 0 Å². The summed E-state index contributed by atoms with van der Waals surface area (Å²) >= 11 is 0. The fourth-order valence-corrected chi connectivity index (χ4v) is 4.76. The lowest BCUT2D eigenvalue weighted by Gasteiger charge is -2.09. The van der Waals surface area contributed by atoms with Crippen LogP contribution >= 0.6 is 0 Å². The summed E-state index contributed by atoms with van der Waals surface area (Å²) in [6.07, 6.45) is 3.56. The summed E-state index contributed by atoms with van der Waals surface area (Å²) in [7, 11) is 0. The number of aryl methyl sites for hydroxylation is 2. The minimum absolute atomic E-state index is 0.220. The van der Waals surface area contributed by atoms with Crippen molar-refractivity contribution in [2.75, 3.05) is 23.7 Å². The van der Waals surface area contributed by atoms with Gasteiger partial charge in [0, 0.05) is 47.4 Å². The molecule has 4 N–H and O–H groups in total. The van der Waals surface area contributed by atoms with E-state index >= 15 is 0 Å². The van der Waals surface area contributed by atoms with Gasteiger partial charge in [-0.3, -0.25) is 19.6 Å². The second kappa shape index (κ2) is 12.6. The minimum atomic E-state index is -0.220. The van der Waals surface area contributed by atoms with Gasteiger partial charge < -0.3 is 21.3 Å². The van der Waals surface area contributed by atoms with Crippen LogP contribution in [0, 0.1) is 0 Å². The van der Waals surface area contributed by atoms with Crippen molar-refractivity contribution in [3.63, 3.8) is 0 Å². The van der Waals surface area contributed by atoms with Gasteiger partial charge in [-0.25, -0.2) is 0 Å². The van der Waals surface area contributed by atoms with Crippen LogP contribution < -0.4 is 21.3 Å². The Labute approximate surface area is 235 Å². The molecule has 40 heavy (non-hydrogen) atoms. The monoisotopic (exact) mass is 536 g/mol. The average Bonchev–Trinajstić information content (AvgIpc) is 3.59. The third-order valence-corrected chi connectivity index (χ3v) is 7.07. The van der Waals surface area contributed by atoms with Crippen molar-refractivity contribution in [1.29, 1.82) is 0 Å². The Balaban J connectivity index is 1.08. The van der Waals surface area contributed by atoms with Crippen LogP contribution in [0.2, 0.25) is 0 Å². The molecule has 3 aromatic carbocycles.